The minimum Gasteiger partial charge on any atom is -0.497 e. The van der Waals surface area contributed by atoms with Crippen LogP contribution in [0.5, 0.6) is 5.75 Å². The van der Waals surface area contributed by atoms with Gasteiger partial charge in [-0.1, -0.05) is 12.1 Å². The van der Waals surface area contributed by atoms with Crippen molar-refractivity contribution in [3.05, 3.63) is 29.8 Å². The summed E-state index contributed by atoms with van der Waals surface area (Å²) in [6.07, 6.45) is -1.85. The number of hydrogen-bond donors (Lipinski definition) is 1. The summed E-state index contributed by atoms with van der Waals surface area (Å²) in [6, 6.07) is 7.05. The molecule has 1 aromatic rings. The minimum absolute atomic E-state index is 0.194. The van der Waals surface area contributed by atoms with Crippen molar-refractivity contribution in [3.63, 3.8) is 0 Å². The number of hydroxylamine groups is 2. The molecule has 7 nitrogen and oxygen atoms in total. The lowest BCUT2D eigenvalue weighted by Crippen LogP contribution is -2.40. The third-order valence-corrected chi connectivity index (χ3v) is 2.70. The van der Waals surface area contributed by atoms with Gasteiger partial charge in [-0.2, -0.15) is 0 Å². The SMILES string of the molecule is COc1ccc(CC(OC(N)=O)C(=O)N(C)OC)cc1. The maximum atomic E-state index is 12.0. The molecular formula is C13H18N2O5. The highest BCUT2D eigenvalue weighted by atomic mass is 16.7. The minimum atomic E-state index is -1.04. The molecule has 2 N–H and O–H groups in total. The molecule has 0 spiro atoms. The Labute approximate surface area is 117 Å². The lowest BCUT2D eigenvalue weighted by molar-refractivity contribution is -0.177. The van der Waals surface area contributed by atoms with Crippen molar-refractivity contribution in [2.24, 2.45) is 5.73 Å². The summed E-state index contributed by atoms with van der Waals surface area (Å²) < 4.78 is 9.87. The highest BCUT2D eigenvalue weighted by Crippen LogP contribution is 2.14. The first-order chi connectivity index (χ1) is 9.47. The predicted molar refractivity (Wildman–Crippen MR) is 70.9 cm³/mol. The Kier molecular flexibility index (Phi) is 5.79. The molecule has 20 heavy (non-hydrogen) atoms. The Bertz CT molecular complexity index is 460. The van der Waals surface area contributed by atoms with Crippen molar-refractivity contribution in [1.29, 1.82) is 0 Å². The fraction of sp³-hybridized carbons (Fsp3) is 0.385. The second kappa shape index (κ2) is 7.34. The van der Waals surface area contributed by atoms with Gasteiger partial charge in [0.25, 0.3) is 5.91 Å². The fourth-order valence-electron chi connectivity index (χ4n) is 1.59. The second-order valence-electron chi connectivity index (χ2n) is 4.00. The van der Waals surface area contributed by atoms with Crippen LogP contribution >= 0.6 is 0 Å². The third-order valence-electron chi connectivity index (χ3n) is 2.70. The average molecular weight is 282 g/mol. The smallest absolute Gasteiger partial charge is 0.405 e. The Morgan fingerprint density at radius 1 is 1.25 bits per heavy atom. The predicted octanol–water partition coefficient (Wildman–Crippen LogP) is 0.721. The van der Waals surface area contributed by atoms with Crippen molar-refractivity contribution in [2.45, 2.75) is 12.5 Å². The van der Waals surface area contributed by atoms with Gasteiger partial charge >= 0.3 is 6.09 Å². The molecule has 0 aliphatic rings. The zero-order valence-corrected chi connectivity index (χ0v) is 11.7. The number of rotatable bonds is 6. The van der Waals surface area contributed by atoms with E-state index in [2.05, 4.69) is 0 Å². The average Bonchev–Trinajstić information content (AvgIpc) is 2.45. The van der Waals surface area contributed by atoms with Gasteiger partial charge in [0, 0.05) is 13.5 Å². The Morgan fingerprint density at radius 3 is 2.30 bits per heavy atom. The van der Waals surface area contributed by atoms with Crippen LogP contribution in [0.3, 0.4) is 0 Å². The van der Waals surface area contributed by atoms with Crippen LogP contribution in [0.1, 0.15) is 5.56 Å². The molecule has 1 atom stereocenters. The molecule has 7 heteroatoms. The van der Waals surface area contributed by atoms with Gasteiger partial charge < -0.3 is 15.2 Å². The van der Waals surface area contributed by atoms with Crippen LogP contribution < -0.4 is 10.5 Å². The molecule has 0 radical (unpaired) electrons. The van der Waals surface area contributed by atoms with E-state index < -0.39 is 18.1 Å². The fourth-order valence-corrected chi connectivity index (χ4v) is 1.59. The topological polar surface area (TPSA) is 91.1 Å². The molecule has 0 saturated carbocycles. The number of likely N-dealkylation sites (N-methyl/N-ethyl adjacent to an activating group) is 1. The van der Waals surface area contributed by atoms with E-state index in [1.807, 2.05) is 0 Å². The van der Waals surface area contributed by atoms with Crippen LogP contribution in [0.15, 0.2) is 24.3 Å². The van der Waals surface area contributed by atoms with Gasteiger partial charge in [0.05, 0.1) is 14.2 Å². The largest absolute Gasteiger partial charge is 0.497 e. The van der Waals surface area contributed by atoms with Crippen molar-refractivity contribution in [2.75, 3.05) is 21.3 Å². The number of amides is 2. The van der Waals surface area contributed by atoms with E-state index in [0.29, 0.717) is 5.75 Å². The summed E-state index contributed by atoms with van der Waals surface area (Å²) >= 11 is 0. The van der Waals surface area contributed by atoms with Crippen molar-refractivity contribution < 1.29 is 23.9 Å². The number of primary amides is 1. The maximum absolute atomic E-state index is 12.0. The zero-order chi connectivity index (χ0) is 15.1. The van der Waals surface area contributed by atoms with Crippen LogP contribution in [0.4, 0.5) is 4.79 Å². The van der Waals surface area contributed by atoms with E-state index in [9.17, 15) is 9.59 Å². The molecule has 1 aromatic carbocycles. The van der Waals surface area contributed by atoms with E-state index in [-0.39, 0.29) is 6.42 Å². The first kappa shape index (κ1) is 15.8. The van der Waals surface area contributed by atoms with E-state index in [0.717, 1.165) is 10.6 Å². The molecular weight excluding hydrogens is 264 g/mol. The number of hydrogen-bond acceptors (Lipinski definition) is 5. The molecule has 110 valence electrons. The Morgan fingerprint density at radius 2 is 1.85 bits per heavy atom. The summed E-state index contributed by atoms with van der Waals surface area (Å²) in [7, 11) is 4.32. The van der Waals surface area contributed by atoms with E-state index in [1.165, 1.54) is 14.2 Å². The summed E-state index contributed by atoms with van der Waals surface area (Å²) in [5.41, 5.74) is 5.78. The van der Waals surface area contributed by atoms with Gasteiger partial charge in [-0.25, -0.2) is 9.86 Å². The van der Waals surface area contributed by atoms with Crippen molar-refractivity contribution in [1.82, 2.24) is 5.06 Å². The van der Waals surface area contributed by atoms with Gasteiger partial charge in [-0.3, -0.25) is 9.63 Å². The number of carbonyl (C=O) groups is 2. The molecule has 1 rings (SSSR count). The monoisotopic (exact) mass is 282 g/mol. The number of nitrogens with zero attached hydrogens (tertiary/aromatic N) is 1. The standard InChI is InChI=1S/C13H18N2O5/c1-15(19-3)12(16)11(20-13(14)17)8-9-4-6-10(18-2)7-5-9/h4-7,11H,8H2,1-3H3,(H2,14,17). The van der Waals surface area contributed by atoms with Gasteiger partial charge in [-0.05, 0) is 17.7 Å². The maximum Gasteiger partial charge on any atom is 0.405 e. The summed E-state index contributed by atoms with van der Waals surface area (Å²) in [5, 5.41) is 0.983. The quantitative estimate of drug-likeness (QED) is 0.776. The zero-order valence-electron chi connectivity index (χ0n) is 11.7. The third kappa shape index (κ3) is 4.43. The van der Waals surface area contributed by atoms with Gasteiger partial charge in [0.15, 0.2) is 6.10 Å². The van der Waals surface area contributed by atoms with E-state index in [1.54, 1.807) is 31.4 Å². The molecule has 0 heterocycles. The number of methoxy groups -OCH3 is 1. The molecule has 2 amide bonds. The van der Waals surface area contributed by atoms with Gasteiger partial charge in [-0.15, -0.1) is 0 Å². The van der Waals surface area contributed by atoms with Crippen molar-refractivity contribution in [3.8, 4) is 5.75 Å². The van der Waals surface area contributed by atoms with E-state index in [4.69, 9.17) is 20.0 Å². The molecule has 0 aliphatic heterocycles. The molecule has 0 bridgehead atoms. The Balaban J connectivity index is 2.82. The van der Waals surface area contributed by atoms with Crippen LogP contribution in [-0.4, -0.2) is 44.4 Å². The van der Waals surface area contributed by atoms with Crippen LogP contribution in [0.2, 0.25) is 0 Å². The number of carbonyl (C=O) groups excluding carboxylic acids is 2. The first-order valence-corrected chi connectivity index (χ1v) is 5.88. The molecule has 0 aromatic heterocycles. The molecule has 0 saturated heterocycles. The van der Waals surface area contributed by atoms with Gasteiger partial charge in [0.2, 0.25) is 0 Å². The lowest BCUT2D eigenvalue weighted by Gasteiger charge is -2.21. The summed E-state index contributed by atoms with van der Waals surface area (Å²) in [4.78, 5) is 27.6. The molecule has 0 aliphatic carbocycles. The highest BCUT2D eigenvalue weighted by molar-refractivity contribution is 5.82. The first-order valence-electron chi connectivity index (χ1n) is 5.88. The van der Waals surface area contributed by atoms with Crippen LogP contribution in [0.25, 0.3) is 0 Å². The number of benzene rings is 1. The second-order valence-corrected chi connectivity index (χ2v) is 4.00. The van der Waals surface area contributed by atoms with Crippen LogP contribution in [-0.2, 0) is 20.8 Å². The van der Waals surface area contributed by atoms with Gasteiger partial charge in [0.1, 0.15) is 5.75 Å². The van der Waals surface area contributed by atoms with Crippen LogP contribution in [0, 0.1) is 0 Å². The number of ether oxygens (including phenoxy) is 2. The van der Waals surface area contributed by atoms with E-state index >= 15 is 0 Å². The molecule has 1 unspecified atom stereocenters. The molecule has 0 fully saturated rings. The number of nitrogens with two attached hydrogens (primary N) is 1. The lowest BCUT2D eigenvalue weighted by atomic mass is 10.1. The summed E-state index contributed by atoms with van der Waals surface area (Å²) in [5.74, 6) is 0.198. The summed E-state index contributed by atoms with van der Waals surface area (Å²) in [6.45, 7) is 0. The Hall–Kier alpha value is -2.28. The highest BCUT2D eigenvalue weighted by Gasteiger charge is 2.26. The normalized spacial score (nSPS) is 11.6. The van der Waals surface area contributed by atoms with Crippen molar-refractivity contribution >= 4 is 12.0 Å².